The molecule has 0 amide bonds. The van der Waals surface area contributed by atoms with Crippen molar-refractivity contribution in [3.05, 3.63) is 72.1 Å². The standard InChI is InChI=1S/C17H14F2N4/c1-11-3-2-4-12(7-11)22-16-9-17(21-10-20-16)23-13-5-6-14(18)15(19)8-13/h2-10H,1H3,(H2,20,21,22,23). The molecular formula is C17H14F2N4. The second-order valence-corrected chi connectivity index (χ2v) is 5.04. The molecule has 0 aliphatic heterocycles. The third-order valence-electron chi connectivity index (χ3n) is 3.15. The van der Waals surface area contributed by atoms with E-state index in [0.717, 1.165) is 23.4 Å². The summed E-state index contributed by atoms with van der Waals surface area (Å²) in [6.45, 7) is 2.00. The number of nitrogens with one attached hydrogen (secondary N) is 2. The Balaban J connectivity index is 1.78. The van der Waals surface area contributed by atoms with Crippen LogP contribution in [0.25, 0.3) is 0 Å². The number of nitrogens with zero attached hydrogens (tertiary/aromatic N) is 2. The molecule has 6 heteroatoms. The molecule has 23 heavy (non-hydrogen) atoms. The average Bonchev–Trinajstić information content (AvgIpc) is 2.51. The summed E-state index contributed by atoms with van der Waals surface area (Å²) in [4.78, 5) is 8.21. The number of anilines is 4. The van der Waals surface area contributed by atoms with E-state index in [0.29, 0.717) is 17.3 Å². The van der Waals surface area contributed by atoms with Gasteiger partial charge in [-0.3, -0.25) is 0 Å². The highest BCUT2D eigenvalue weighted by molar-refractivity contribution is 5.63. The van der Waals surface area contributed by atoms with E-state index < -0.39 is 11.6 Å². The second kappa shape index (κ2) is 6.39. The zero-order valence-corrected chi connectivity index (χ0v) is 12.3. The molecule has 0 saturated carbocycles. The molecule has 0 atom stereocenters. The molecule has 0 unspecified atom stereocenters. The maximum atomic E-state index is 13.2. The monoisotopic (exact) mass is 312 g/mol. The van der Waals surface area contributed by atoms with Crippen molar-refractivity contribution in [1.29, 1.82) is 0 Å². The number of rotatable bonds is 4. The van der Waals surface area contributed by atoms with Crippen LogP contribution in [0.5, 0.6) is 0 Å². The third-order valence-corrected chi connectivity index (χ3v) is 3.15. The molecule has 3 rings (SSSR count). The van der Waals surface area contributed by atoms with Gasteiger partial charge in [-0.25, -0.2) is 18.7 Å². The number of hydrogen-bond donors (Lipinski definition) is 2. The molecule has 0 fully saturated rings. The Morgan fingerprint density at radius 3 is 2.13 bits per heavy atom. The predicted molar refractivity (Wildman–Crippen MR) is 86.1 cm³/mol. The van der Waals surface area contributed by atoms with Crippen molar-refractivity contribution < 1.29 is 8.78 Å². The van der Waals surface area contributed by atoms with Crippen molar-refractivity contribution in [3.63, 3.8) is 0 Å². The number of aromatic nitrogens is 2. The second-order valence-electron chi connectivity index (χ2n) is 5.04. The van der Waals surface area contributed by atoms with Crippen molar-refractivity contribution in [2.75, 3.05) is 10.6 Å². The Bertz CT molecular complexity index is 836. The summed E-state index contributed by atoms with van der Waals surface area (Å²) in [6, 6.07) is 13.1. The van der Waals surface area contributed by atoms with Crippen LogP contribution in [0.3, 0.4) is 0 Å². The van der Waals surface area contributed by atoms with Gasteiger partial charge in [0.05, 0.1) is 0 Å². The van der Waals surface area contributed by atoms with E-state index in [1.54, 1.807) is 6.07 Å². The smallest absolute Gasteiger partial charge is 0.160 e. The van der Waals surface area contributed by atoms with Crippen LogP contribution in [0.2, 0.25) is 0 Å². The molecule has 1 aromatic heterocycles. The van der Waals surface area contributed by atoms with E-state index in [9.17, 15) is 8.78 Å². The minimum absolute atomic E-state index is 0.407. The van der Waals surface area contributed by atoms with Gasteiger partial charge < -0.3 is 10.6 Å². The lowest BCUT2D eigenvalue weighted by Crippen LogP contribution is -1.99. The highest BCUT2D eigenvalue weighted by Gasteiger charge is 2.04. The van der Waals surface area contributed by atoms with Gasteiger partial charge in [-0.2, -0.15) is 0 Å². The van der Waals surface area contributed by atoms with E-state index in [1.807, 2.05) is 31.2 Å². The van der Waals surface area contributed by atoms with Gasteiger partial charge in [-0.15, -0.1) is 0 Å². The topological polar surface area (TPSA) is 49.8 Å². The molecule has 4 nitrogen and oxygen atoms in total. The quantitative estimate of drug-likeness (QED) is 0.742. The van der Waals surface area contributed by atoms with Crippen molar-refractivity contribution in [1.82, 2.24) is 9.97 Å². The van der Waals surface area contributed by atoms with Crippen LogP contribution in [-0.2, 0) is 0 Å². The van der Waals surface area contributed by atoms with Gasteiger partial charge in [0.15, 0.2) is 11.6 Å². The first-order valence-electron chi connectivity index (χ1n) is 6.98. The number of aryl methyl sites for hydroxylation is 1. The fourth-order valence-corrected chi connectivity index (χ4v) is 2.09. The van der Waals surface area contributed by atoms with Gasteiger partial charge >= 0.3 is 0 Å². The van der Waals surface area contributed by atoms with Gasteiger partial charge in [0, 0.05) is 23.5 Å². The zero-order valence-electron chi connectivity index (χ0n) is 12.3. The fraction of sp³-hybridized carbons (Fsp3) is 0.0588. The number of hydrogen-bond acceptors (Lipinski definition) is 4. The summed E-state index contributed by atoms with van der Waals surface area (Å²) in [7, 11) is 0. The van der Waals surface area contributed by atoms with Crippen LogP contribution >= 0.6 is 0 Å². The molecule has 0 spiro atoms. The summed E-state index contributed by atoms with van der Waals surface area (Å²) in [6.07, 6.45) is 1.39. The van der Waals surface area contributed by atoms with Gasteiger partial charge in [0.1, 0.15) is 18.0 Å². The van der Waals surface area contributed by atoms with Gasteiger partial charge in [-0.05, 0) is 36.8 Å². The fourth-order valence-electron chi connectivity index (χ4n) is 2.09. The van der Waals surface area contributed by atoms with Crippen molar-refractivity contribution in [2.24, 2.45) is 0 Å². The number of benzene rings is 2. The Labute approximate surface area is 132 Å². The van der Waals surface area contributed by atoms with E-state index in [4.69, 9.17) is 0 Å². The van der Waals surface area contributed by atoms with Gasteiger partial charge in [0.2, 0.25) is 0 Å². The average molecular weight is 312 g/mol. The van der Waals surface area contributed by atoms with Crippen molar-refractivity contribution >= 4 is 23.0 Å². The maximum Gasteiger partial charge on any atom is 0.160 e. The molecule has 0 saturated heterocycles. The Kier molecular flexibility index (Phi) is 4.14. The summed E-state index contributed by atoms with van der Waals surface area (Å²) >= 11 is 0. The van der Waals surface area contributed by atoms with Crippen molar-refractivity contribution in [2.45, 2.75) is 6.92 Å². The molecule has 2 aromatic carbocycles. The van der Waals surface area contributed by atoms with Crippen LogP contribution in [0.4, 0.5) is 31.8 Å². The van der Waals surface area contributed by atoms with Crippen LogP contribution in [-0.4, -0.2) is 9.97 Å². The first-order valence-corrected chi connectivity index (χ1v) is 6.98. The minimum atomic E-state index is -0.915. The van der Waals surface area contributed by atoms with Crippen LogP contribution in [0.15, 0.2) is 54.9 Å². The largest absolute Gasteiger partial charge is 0.340 e. The molecule has 3 aromatic rings. The van der Waals surface area contributed by atoms with Crippen LogP contribution in [0.1, 0.15) is 5.56 Å². The lowest BCUT2D eigenvalue weighted by atomic mass is 10.2. The minimum Gasteiger partial charge on any atom is -0.340 e. The summed E-state index contributed by atoms with van der Waals surface area (Å²) in [5.74, 6) is -0.737. The summed E-state index contributed by atoms with van der Waals surface area (Å²) in [5.41, 5.74) is 2.44. The summed E-state index contributed by atoms with van der Waals surface area (Å²) in [5, 5.41) is 6.08. The zero-order chi connectivity index (χ0) is 16.2. The molecule has 116 valence electrons. The van der Waals surface area contributed by atoms with Gasteiger partial charge in [0.25, 0.3) is 0 Å². The van der Waals surface area contributed by atoms with E-state index >= 15 is 0 Å². The molecule has 0 bridgehead atoms. The molecule has 0 radical (unpaired) electrons. The highest BCUT2D eigenvalue weighted by Crippen LogP contribution is 2.21. The predicted octanol–water partition coefficient (Wildman–Crippen LogP) is 4.55. The Morgan fingerprint density at radius 1 is 0.783 bits per heavy atom. The summed E-state index contributed by atoms with van der Waals surface area (Å²) < 4.78 is 26.2. The maximum absolute atomic E-state index is 13.2. The third kappa shape index (κ3) is 3.79. The first kappa shape index (κ1) is 14.9. The normalized spacial score (nSPS) is 10.4. The Morgan fingerprint density at radius 2 is 1.48 bits per heavy atom. The Hall–Kier alpha value is -3.02. The molecule has 2 N–H and O–H groups in total. The van der Waals surface area contributed by atoms with E-state index in [1.165, 1.54) is 12.4 Å². The van der Waals surface area contributed by atoms with Gasteiger partial charge in [-0.1, -0.05) is 12.1 Å². The lowest BCUT2D eigenvalue weighted by molar-refractivity contribution is 0.509. The first-order chi connectivity index (χ1) is 11.1. The van der Waals surface area contributed by atoms with Crippen LogP contribution < -0.4 is 10.6 Å². The molecule has 0 aliphatic carbocycles. The molecule has 0 aliphatic rings. The highest BCUT2D eigenvalue weighted by atomic mass is 19.2. The molecular weight excluding hydrogens is 298 g/mol. The van der Waals surface area contributed by atoms with Crippen LogP contribution in [0, 0.1) is 18.6 Å². The number of halogens is 2. The SMILES string of the molecule is Cc1cccc(Nc2cc(Nc3ccc(F)c(F)c3)ncn2)c1. The van der Waals surface area contributed by atoms with Crippen molar-refractivity contribution in [3.8, 4) is 0 Å². The van der Waals surface area contributed by atoms with E-state index in [2.05, 4.69) is 20.6 Å². The van der Waals surface area contributed by atoms with E-state index in [-0.39, 0.29) is 0 Å². The lowest BCUT2D eigenvalue weighted by Gasteiger charge is -2.09. The molecule has 1 heterocycles.